The summed E-state index contributed by atoms with van der Waals surface area (Å²) in [7, 11) is 4.04. The minimum Gasteiger partial charge on any atom is -0.507 e. The molecule has 1 amide bonds. The van der Waals surface area contributed by atoms with Crippen LogP contribution in [0.2, 0.25) is 0 Å². The molecule has 0 atom stereocenters. The highest BCUT2D eigenvalue weighted by molar-refractivity contribution is 5.86. The summed E-state index contributed by atoms with van der Waals surface area (Å²) in [5.74, 6) is 0.945. The van der Waals surface area contributed by atoms with Gasteiger partial charge in [-0.3, -0.25) is 14.8 Å². The maximum absolute atomic E-state index is 12.7. The Labute approximate surface area is 210 Å². The second kappa shape index (κ2) is 13.5. The maximum Gasteiger partial charge on any atom is 0.243 e. The SMILES string of the molecule is CN(C)CCCOc1ccc(-c2cc(=O)c3c(O)cc(OCCCCCCC(=O)NO)cc3o2)cc1. The third-order valence-electron chi connectivity index (χ3n) is 5.63. The number of rotatable bonds is 14. The average Bonchev–Trinajstić information content (AvgIpc) is 2.85. The standard InChI is InChI=1S/C27H34N2O7/c1-29(2)13-7-15-34-20-11-9-19(10-12-20)24-18-23(31)27-22(30)16-21(17-25(27)36-24)35-14-6-4-3-5-8-26(32)28-33/h9-12,16-18,30,33H,3-8,13-15H2,1-2H3,(H,28,32). The van der Waals surface area contributed by atoms with Crippen molar-refractivity contribution in [2.75, 3.05) is 33.9 Å². The highest BCUT2D eigenvalue weighted by atomic mass is 16.5. The van der Waals surface area contributed by atoms with E-state index in [0.717, 1.165) is 43.5 Å². The maximum atomic E-state index is 12.7. The van der Waals surface area contributed by atoms with Crippen molar-refractivity contribution in [3.8, 4) is 28.6 Å². The van der Waals surface area contributed by atoms with Crippen molar-refractivity contribution in [2.45, 2.75) is 38.5 Å². The molecule has 194 valence electrons. The van der Waals surface area contributed by atoms with Crippen molar-refractivity contribution in [3.05, 3.63) is 52.7 Å². The van der Waals surface area contributed by atoms with E-state index in [2.05, 4.69) is 4.90 Å². The average molecular weight is 499 g/mol. The van der Waals surface area contributed by atoms with Gasteiger partial charge >= 0.3 is 0 Å². The lowest BCUT2D eigenvalue weighted by molar-refractivity contribution is -0.129. The predicted octanol–water partition coefficient (Wildman–Crippen LogP) is 4.33. The van der Waals surface area contributed by atoms with E-state index in [1.165, 1.54) is 12.1 Å². The molecule has 36 heavy (non-hydrogen) atoms. The molecule has 0 aliphatic rings. The molecule has 0 aliphatic heterocycles. The smallest absolute Gasteiger partial charge is 0.243 e. The van der Waals surface area contributed by atoms with E-state index < -0.39 is 5.91 Å². The highest BCUT2D eigenvalue weighted by Gasteiger charge is 2.13. The number of hydroxylamine groups is 1. The zero-order valence-corrected chi connectivity index (χ0v) is 20.8. The van der Waals surface area contributed by atoms with Gasteiger partial charge in [0.25, 0.3) is 0 Å². The number of carbonyl (C=O) groups is 1. The van der Waals surface area contributed by atoms with Gasteiger partial charge < -0.3 is 23.9 Å². The third-order valence-corrected chi connectivity index (χ3v) is 5.63. The Morgan fingerprint density at radius 3 is 2.36 bits per heavy atom. The summed E-state index contributed by atoms with van der Waals surface area (Å²) in [5.41, 5.74) is 2.23. The fourth-order valence-electron chi connectivity index (χ4n) is 3.74. The summed E-state index contributed by atoms with van der Waals surface area (Å²) < 4.78 is 17.5. The molecule has 0 saturated heterocycles. The van der Waals surface area contributed by atoms with Gasteiger partial charge in [0.05, 0.1) is 13.2 Å². The number of hydrogen-bond acceptors (Lipinski definition) is 8. The number of hydrogen-bond donors (Lipinski definition) is 3. The van der Waals surface area contributed by atoms with Crippen LogP contribution in [-0.2, 0) is 4.79 Å². The van der Waals surface area contributed by atoms with Gasteiger partial charge in [0.15, 0.2) is 5.43 Å². The van der Waals surface area contributed by atoms with Gasteiger partial charge in [0.1, 0.15) is 34.0 Å². The first kappa shape index (κ1) is 27.0. The fraction of sp³-hybridized carbons (Fsp3) is 0.407. The second-order valence-electron chi connectivity index (χ2n) is 8.87. The van der Waals surface area contributed by atoms with Crippen LogP contribution in [0.15, 0.2) is 51.7 Å². The molecule has 1 heterocycles. The van der Waals surface area contributed by atoms with Crippen molar-refractivity contribution in [1.82, 2.24) is 10.4 Å². The Morgan fingerprint density at radius 1 is 0.944 bits per heavy atom. The quantitative estimate of drug-likeness (QED) is 0.171. The topological polar surface area (TPSA) is 121 Å². The lowest BCUT2D eigenvalue weighted by Crippen LogP contribution is -2.17. The van der Waals surface area contributed by atoms with Crippen LogP contribution in [0.25, 0.3) is 22.3 Å². The van der Waals surface area contributed by atoms with Crippen LogP contribution in [0.5, 0.6) is 17.2 Å². The van der Waals surface area contributed by atoms with E-state index in [4.69, 9.17) is 19.1 Å². The van der Waals surface area contributed by atoms with Gasteiger partial charge in [0, 0.05) is 36.7 Å². The van der Waals surface area contributed by atoms with Gasteiger partial charge in [-0.1, -0.05) is 12.8 Å². The van der Waals surface area contributed by atoms with Crippen LogP contribution >= 0.6 is 0 Å². The van der Waals surface area contributed by atoms with Crippen molar-refractivity contribution in [1.29, 1.82) is 0 Å². The van der Waals surface area contributed by atoms with E-state index in [-0.39, 0.29) is 28.6 Å². The minimum absolute atomic E-state index is 0.106. The first-order chi connectivity index (χ1) is 17.4. The largest absolute Gasteiger partial charge is 0.507 e. The first-order valence-electron chi connectivity index (χ1n) is 12.1. The van der Waals surface area contributed by atoms with Crippen molar-refractivity contribution in [3.63, 3.8) is 0 Å². The Hall–Kier alpha value is -3.56. The Bertz CT molecular complexity index is 1190. The molecule has 2 aromatic carbocycles. The Kier molecular flexibility index (Phi) is 10.1. The normalized spacial score (nSPS) is 11.1. The molecule has 0 spiro atoms. The van der Waals surface area contributed by atoms with Gasteiger partial charge in [-0.25, -0.2) is 5.48 Å². The summed E-state index contributed by atoms with van der Waals surface area (Å²) in [6, 6.07) is 11.7. The molecule has 9 nitrogen and oxygen atoms in total. The van der Waals surface area contributed by atoms with Crippen LogP contribution in [0, 0.1) is 0 Å². The molecule has 0 fully saturated rings. The number of aromatic hydroxyl groups is 1. The van der Waals surface area contributed by atoms with Gasteiger partial charge in [0.2, 0.25) is 5.91 Å². The number of benzene rings is 2. The Morgan fingerprint density at radius 2 is 1.64 bits per heavy atom. The fourth-order valence-corrected chi connectivity index (χ4v) is 3.74. The van der Waals surface area contributed by atoms with E-state index in [9.17, 15) is 14.7 Å². The zero-order valence-electron chi connectivity index (χ0n) is 20.8. The van der Waals surface area contributed by atoms with Crippen LogP contribution in [0.3, 0.4) is 0 Å². The molecule has 3 rings (SSSR count). The third kappa shape index (κ3) is 8.00. The number of phenolic OH excluding ortho intramolecular Hbond substituents is 1. The molecule has 0 saturated carbocycles. The number of phenols is 1. The van der Waals surface area contributed by atoms with Crippen molar-refractivity contribution < 1.29 is 29.0 Å². The van der Waals surface area contributed by atoms with Gasteiger partial charge in [-0.05, 0) is 57.6 Å². The lowest BCUT2D eigenvalue weighted by Gasteiger charge is -2.11. The molecular formula is C27H34N2O7. The predicted molar refractivity (Wildman–Crippen MR) is 137 cm³/mol. The van der Waals surface area contributed by atoms with Crippen molar-refractivity contribution >= 4 is 16.9 Å². The molecule has 3 aromatic rings. The Balaban J connectivity index is 1.62. The summed E-state index contributed by atoms with van der Waals surface area (Å²) in [6.45, 7) is 1.98. The lowest BCUT2D eigenvalue weighted by atomic mass is 10.1. The minimum atomic E-state index is -0.390. The summed E-state index contributed by atoms with van der Waals surface area (Å²) in [5, 5.41) is 19.0. The second-order valence-corrected chi connectivity index (χ2v) is 8.87. The molecular weight excluding hydrogens is 464 g/mol. The van der Waals surface area contributed by atoms with Crippen molar-refractivity contribution in [2.24, 2.45) is 0 Å². The number of nitrogens with zero attached hydrogens (tertiary/aromatic N) is 1. The highest BCUT2D eigenvalue weighted by Crippen LogP contribution is 2.31. The van der Waals surface area contributed by atoms with E-state index in [1.807, 2.05) is 38.4 Å². The molecule has 1 aromatic heterocycles. The zero-order chi connectivity index (χ0) is 25.9. The van der Waals surface area contributed by atoms with Crippen LogP contribution in [0.4, 0.5) is 0 Å². The number of amides is 1. The van der Waals surface area contributed by atoms with Crippen LogP contribution < -0.4 is 20.4 Å². The van der Waals surface area contributed by atoms with Crippen LogP contribution in [-0.4, -0.2) is 55.0 Å². The van der Waals surface area contributed by atoms with Crippen LogP contribution in [0.1, 0.15) is 38.5 Å². The van der Waals surface area contributed by atoms with Gasteiger partial charge in [-0.15, -0.1) is 0 Å². The van der Waals surface area contributed by atoms with E-state index >= 15 is 0 Å². The number of unbranched alkanes of at least 4 members (excludes halogenated alkanes) is 3. The molecule has 9 heteroatoms. The number of nitrogens with one attached hydrogen (secondary N) is 1. The monoisotopic (exact) mass is 498 g/mol. The first-order valence-corrected chi connectivity index (χ1v) is 12.1. The molecule has 0 radical (unpaired) electrons. The molecule has 0 unspecified atom stereocenters. The molecule has 0 bridgehead atoms. The summed E-state index contributed by atoms with van der Waals surface area (Å²) >= 11 is 0. The molecule has 3 N–H and O–H groups in total. The van der Waals surface area contributed by atoms with E-state index in [0.29, 0.717) is 31.1 Å². The molecule has 0 aliphatic carbocycles. The number of fused-ring (bicyclic) bond motifs is 1. The van der Waals surface area contributed by atoms with Gasteiger partial charge in [-0.2, -0.15) is 0 Å². The number of ether oxygens (including phenoxy) is 2. The summed E-state index contributed by atoms with van der Waals surface area (Å²) in [4.78, 5) is 25.8. The van der Waals surface area contributed by atoms with E-state index in [1.54, 1.807) is 11.5 Å². The number of carbonyl (C=O) groups excluding carboxylic acids is 1. The summed E-state index contributed by atoms with van der Waals surface area (Å²) in [6.07, 6.45) is 4.33.